The zero-order valence-corrected chi connectivity index (χ0v) is 19.7. The lowest BCUT2D eigenvalue weighted by atomic mass is 10.1. The summed E-state index contributed by atoms with van der Waals surface area (Å²) in [5.74, 6) is 0.680. The Morgan fingerprint density at radius 3 is 2.67 bits per heavy atom. The molecule has 9 nitrogen and oxygen atoms in total. The average molecular weight is 505 g/mol. The summed E-state index contributed by atoms with van der Waals surface area (Å²) in [6.45, 7) is 0. The van der Waals surface area contributed by atoms with Crippen molar-refractivity contribution in [2.45, 2.75) is 0 Å². The molecule has 12 heteroatoms. The van der Waals surface area contributed by atoms with Gasteiger partial charge in [0.2, 0.25) is 5.91 Å². The van der Waals surface area contributed by atoms with Crippen LogP contribution in [0.3, 0.4) is 0 Å². The molecule has 3 aromatic rings. The van der Waals surface area contributed by atoms with Gasteiger partial charge in [0, 0.05) is 23.1 Å². The predicted molar refractivity (Wildman–Crippen MR) is 132 cm³/mol. The van der Waals surface area contributed by atoms with Crippen molar-refractivity contribution in [3.63, 3.8) is 0 Å². The van der Waals surface area contributed by atoms with E-state index in [0.29, 0.717) is 27.9 Å². The van der Waals surface area contributed by atoms with E-state index < -0.39 is 10.8 Å². The van der Waals surface area contributed by atoms with E-state index in [9.17, 15) is 14.9 Å². The molecule has 1 amide bonds. The number of nitrogens with zero attached hydrogens (tertiary/aromatic N) is 2. The van der Waals surface area contributed by atoms with Crippen LogP contribution in [-0.2, 0) is 4.79 Å². The van der Waals surface area contributed by atoms with E-state index in [2.05, 4.69) is 15.6 Å². The number of anilines is 1. The molecule has 0 atom stereocenters. The second-order valence-electron chi connectivity index (χ2n) is 6.35. The van der Waals surface area contributed by atoms with Crippen molar-refractivity contribution >= 4 is 63.1 Å². The third kappa shape index (κ3) is 6.25. The topological polar surface area (TPSA) is 116 Å². The summed E-state index contributed by atoms with van der Waals surface area (Å²) >= 11 is 12.3. The maximum atomic E-state index is 12.1. The van der Waals surface area contributed by atoms with Gasteiger partial charge in [-0.2, -0.15) is 0 Å². The number of amides is 1. The molecule has 1 heterocycles. The molecule has 0 radical (unpaired) electrons. The Hall–Kier alpha value is -3.54. The molecule has 1 aromatic heterocycles. The van der Waals surface area contributed by atoms with E-state index in [-0.39, 0.29) is 15.8 Å². The van der Waals surface area contributed by atoms with Crippen LogP contribution in [0.15, 0.2) is 47.9 Å². The van der Waals surface area contributed by atoms with Crippen molar-refractivity contribution < 1.29 is 19.2 Å². The number of halogens is 1. The molecule has 0 aliphatic carbocycles. The molecule has 0 saturated carbocycles. The number of hydrogen-bond acceptors (Lipinski definition) is 8. The first-order chi connectivity index (χ1) is 15.8. The standard InChI is InChI=1S/C21H17ClN4O5S2/c1-30-17-7-5-13(10-18(17)31-2)15-11-33-21(23-15)25-20(32)24-19(27)8-4-12-3-6-14(22)16(9-12)26(28)29/h3-11H,1-2H3,(H2,23,24,25,27,32). The quantitative estimate of drug-likeness (QED) is 0.202. The number of carbonyl (C=O) groups excluding carboxylic acids is 1. The molecule has 0 aliphatic rings. The smallest absolute Gasteiger partial charge is 0.288 e. The number of rotatable bonds is 7. The predicted octanol–water partition coefficient (Wildman–Crippen LogP) is 4.92. The summed E-state index contributed by atoms with van der Waals surface area (Å²) in [6, 6.07) is 9.67. The minimum absolute atomic E-state index is 0.0166. The van der Waals surface area contributed by atoms with E-state index in [1.807, 2.05) is 17.5 Å². The SMILES string of the molecule is COc1ccc(-c2csc(NC(=S)NC(=O)C=Cc3ccc(Cl)c([N+](=O)[O-])c3)n2)cc1OC. The van der Waals surface area contributed by atoms with Crippen LogP contribution in [0.4, 0.5) is 10.8 Å². The molecule has 33 heavy (non-hydrogen) atoms. The van der Waals surface area contributed by atoms with Crippen LogP contribution in [0, 0.1) is 10.1 Å². The van der Waals surface area contributed by atoms with Gasteiger partial charge in [-0.25, -0.2) is 4.98 Å². The van der Waals surface area contributed by atoms with Crippen LogP contribution in [0.2, 0.25) is 5.02 Å². The fourth-order valence-electron chi connectivity index (χ4n) is 2.69. The van der Waals surface area contributed by atoms with Crippen molar-refractivity contribution in [2.24, 2.45) is 0 Å². The third-order valence-electron chi connectivity index (χ3n) is 4.23. The number of methoxy groups -OCH3 is 2. The number of nitrogens with one attached hydrogen (secondary N) is 2. The van der Waals surface area contributed by atoms with Crippen molar-refractivity contribution in [3.05, 3.63) is 68.6 Å². The van der Waals surface area contributed by atoms with Gasteiger partial charge in [0.25, 0.3) is 5.69 Å². The minimum Gasteiger partial charge on any atom is -0.493 e. The molecular weight excluding hydrogens is 488 g/mol. The molecule has 170 valence electrons. The van der Waals surface area contributed by atoms with E-state index in [1.54, 1.807) is 26.4 Å². The van der Waals surface area contributed by atoms with Crippen LogP contribution in [0.5, 0.6) is 11.5 Å². The van der Waals surface area contributed by atoms with Gasteiger partial charge in [-0.05, 0) is 48.1 Å². The van der Waals surface area contributed by atoms with Crippen LogP contribution in [0.1, 0.15) is 5.56 Å². The Morgan fingerprint density at radius 1 is 1.21 bits per heavy atom. The number of nitro groups is 1. The first-order valence-corrected chi connectivity index (χ1v) is 10.9. The van der Waals surface area contributed by atoms with Gasteiger partial charge in [0.15, 0.2) is 21.7 Å². The van der Waals surface area contributed by atoms with E-state index in [4.69, 9.17) is 33.3 Å². The normalized spacial score (nSPS) is 10.6. The van der Waals surface area contributed by atoms with E-state index >= 15 is 0 Å². The lowest BCUT2D eigenvalue weighted by Crippen LogP contribution is -2.32. The van der Waals surface area contributed by atoms with Crippen LogP contribution < -0.4 is 20.1 Å². The summed E-state index contributed by atoms with van der Waals surface area (Å²) in [7, 11) is 3.12. The number of ether oxygens (including phenoxy) is 2. The molecule has 2 N–H and O–H groups in total. The van der Waals surface area contributed by atoms with E-state index in [1.165, 1.54) is 35.6 Å². The molecule has 0 spiro atoms. The van der Waals surface area contributed by atoms with Gasteiger partial charge in [0.05, 0.1) is 24.8 Å². The largest absolute Gasteiger partial charge is 0.493 e. The van der Waals surface area contributed by atoms with Gasteiger partial charge in [-0.15, -0.1) is 11.3 Å². The van der Waals surface area contributed by atoms with Gasteiger partial charge in [-0.1, -0.05) is 17.7 Å². The second kappa shape index (κ2) is 10.9. The molecule has 0 bridgehead atoms. The Labute approximate surface area is 203 Å². The summed E-state index contributed by atoms with van der Waals surface area (Å²) in [5.41, 5.74) is 1.72. The first-order valence-electron chi connectivity index (χ1n) is 9.22. The first kappa shape index (κ1) is 24.1. The van der Waals surface area contributed by atoms with E-state index in [0.717, 1.165) is 5.56 Å². The van der Waals surface area contributed by atoms with Crippen LogP contribution >= 0.6 is 35.2 Å². The molecule has 3 rings (SSSR count). The highest BCUT2D eigenvalue weighted by Gasteiger charge is 2.13. The van der Waals surface area contributed by atoms with Crippen molar-refractivity contribution in [2.75, 3.05) is 19.5 Å². The number of thiazole rings is 1. The lowest BCUT2D eigenvalue weighted by molar-refractivity contribution is -0.384. The highest BCUT2D eigenvalue weighted by molar-refractivity contribution is 7.80. The number of thiocarbonyl (C=S) groups is 1. The van der Waals surface area contributed by atoms with Crippen LogP contribution in [-0.4, -0.2) is 35.1 Å². The van der Waals surface area contributed by atoms with Crippen LogP contribution in [0.25, 0.3) is 17.3 Å². The molecule has 2 aromatic carbocycles. The van der Waals surface area contributed by atoms with Gasteiger partial charge in [0.1, 0.15) is 5.02 Å². The molecule has 0 aliphatic heterocycles. The summed E-state index contributed by atoms with van der Waals surface area (Å²) in [4.78, 5) is 27.0. The number of nitro benzene ring substituents is 1. The number of carbonyl (C=O) groups is 1. The second-order valence-corrected chi connectivity index (χ2v) is 8.03. The molecular formula is C21H17ClN4O5S2. The number of hydrogen-bond donors (Lipinski definition) is 2. The highest BCUT2D eigenvalue weighted by Crippen LogP contribution is 2.33. The highest BCUT2D eigenvalue weighted by atomic mass is 35.5. The average Bonchev–Trinajstić information content (AvgIpc) is 3.26. The van der Waals surface area contributed by atoms with Crippen molar-refractivity contribution in [1.82, 2.24) is 10.3 Å². The Morgan fingerprint density at radius 2 is 1.97 bits per heavy atom. The van der Waals surface area contributed by atoms with Crippen molar-refractivity contribution in [3.8, 4) is 22.8 Å². The number of benzene rings is 2. The fourth-order valence-corrected chi connectivity index (χ4v) is 3.86. The zero-order chi connectivity index (χ0) is 24.0. The molecule has 0 unspecified atom stereocenters. The minimum atomic E-state index is -0.594. The van der Waals surface area contributed by atoms with Gasteiger partial charge in [-0.3, -0.25) is 20.2 Å². The maximum Gasteiger partial charge on any atom is 0.288 e. The summed E-state index contributed by atoms with van der Waals surface area (Å²) in [6.07, 6.45) is 2.62. The lowest BCUT2D eigenvalue weighted by Gasteiger charge is -2.08. The monoisotopic (exact) mass is 504 g/mol. The number of aromatic nitrogens is 1. The fraction of sp³-hybridized carbons (Fsp3) is 0.0952. The zero-order valence-electron chi connectivity index (χ0n) is 17.3. The molecule has 0 fully saturated rings. The third-order valence-corrected chi connectivity index (χ3v) is 5.52. The van der Waals surface area contributed by atoms with Crippen molar-refractivity contribution in [1.29, 1.82) is 0 Å². The maximum absolute atomic E-state index is 12.1. The molecule has 0 saturated heterocycles. The Balaban J connectivity index is 1.61. The van der Waals surface area contributed by atoms with Gasteiger partial charge < -0.3 is 14.8 Å². The summed E-state index contributed by atoms with van der Waals surface area (Å²) in [5, 5.41) is 18.7. The Kier molecular flexibility index (Phi) is 7.93. The van der Waals surface area contributed by atoms with Gasteiger partial charge >= 0.3 is 0 Å². The summed E-state index contributed by atoms with van der Waals surface area (Å²) < 4.78 is 10.6. The Bertz CT molecular complexity index is 1250.